The molecule has 0 atom stereocenters. The van der Waals surface area contributed by atoms with Crippen LogP contribution in [0.1, 0.15) is 29.9 Å². The maximum Gasteiger partial charge on any atom is 0.255 e. The monoisotopic (exact) mass is 224 g/mol. The van der Waals surface area contributed by atoms with Crippen molar-refractivity contribution < 1.29 is 9.53 Å². The molecule has 1 aromatic rings. The van der Waals surface area contributed by atoms with Gasteiger partial charge in [0.1, 0.15) is 5.75 Å². The first-order valence-corrected chi connectivity index (χ1v) is 5.28. The lowest BCUT2D eigenvalue weighted by Gasteiger charge is -2.11. The molecule has 1 heterocycles. The van der Waals surface area contributed by atoms with Gasteiger partial charge in [-0.2, -0.15) is 0 Å². The molecule has 0 aliphatic rings. The van der Waals surface area contributed by atoms with Crippen LogP contribution in [-0.4, -0.2) is 37.0 Å². The predicted octanol–water partition coefficient (Wildman–Crippen LogP) is 2.13. The number of rotatable bonds is 2. The van der Waals surface area contributed by atoms with E-state index in [4.69, 9.17) is 4.74 Å². The number of aromatic nitrogens is 1. The van der Waals surface area contributed by atoms with Crippen molar-refractivity contribution in [1.82, 2.24) is 9.88 Å². The Hall–Kier alpha value is -1.58. The first-order chi connectivity index (χ1) is 7.56. The molecule has 0 saturated heterocycles. The van der Waals surface area contributed by atoms with Crippen molar-refractivity contribution in [1.29, 1.82) is 0 Å². The molecule has 0 spiro atoms. The van der Waals surface area contributed by atoms with Crippen molar-refractivity contribution >= 4 is 5.91 Å². The number of carbonyl (C=O) groups excluding carboxylic acids is 1. The normalized spacial score (nSPS) is 8.88. The highest BCUT2D eigenvalue weighted by Crippen LogP contribution is 2.16. The third-order valence-corrected chi connectivity index (χ3v) is 1.91. The molecule has 1 rings (SSSR count). The summed E-state index contributed by atoms with van der Waals surface area (Å²) in [6, 6.07) is 1.70. The number of aryl methyl sites for hydroxylation is 1. The molecule has 0 unspecified atom stereocenters. The highest BCUT2D eigenvalue weighted by molar-refractivity contribution is 5.93. The molecule has 0 aliphatic carbocycles. The second kappa shape index (κ2) is 6.82. The first-order valence-electron chi connectivity index (χ1n) is 5.28. The summed E-state index contributed by atoms with van der Waals surface area (Å²) in [4.78, 5) is 17.1. The summed E-state index contributed by atoms with van der Waals surface area (Å²) in [7, 11) is 4.97. The van der Waals surface area contributed by atoms with Gasteiger partial charge in [-0.25, -0.2) is 0 Å². The second-order valence-electron chi connectivity index (χ2n) is 3.21. The summed E-state index contributed by atoms with van der Waals surface area (Å²) < 4.78 is 5.08. The number of nitrogens with zero attached hydrogens (tertiary/aromatic N) is 2. The minimum Gasteiger partial charge on any atom is -0.495 e. The summed E-state index contributed by atoms with van der Waals surface area (Å²) in [5, 5.41) is 0. The molecule has 0 saturated carbocycles. The van der Waals surface area contributed by atoms with Crippen LogP contribution in [0.4, 0.5) is 0 Å². The predicted molar refractivity (Wildman–Crippen MR) is 64.9 cm³/mol. The van der Waals surface area contributed by atoms with Gasteiger partial charge in [-0.1, -0.05) is 13.8 Å². The molecule has 0 radical (unpaired) electrons. The summed E-state index contributed by atoms with van der Waals surface area (Å²) >= 11 is 0. The molecule has 0 N–H and O–H groups in total. The number of hydrogen-bond donors (Lipinski definition) is 0. The van der Waals surface area contributed by atoms with Crippen LogP contribution in [0.15, 0.2) is 12.3 Å². The van der Waals surface area contributed by atoms with Crippen molar-refractivity contribution in [3.05, 3.63) is 23.5 Å². The number of pyridine rings is 1. The number of ether oxygens (including phenoxy) is 1. The molecule has 0 fully saturated rings. The van der Waals surface area contributed by atoms with Crippen molar-refractivity contribution in [2.75, 3.05) is 21.2 Å². The zero-order valence-electron chi connectivity index (χ0n) is 10.9. The Labute approximate surface area is 97.2 Å². The average molecular weight is 224 g/mol. The highest BCUT2D eigenvalue weighted by Gasteiger charge is 2.10. The van der Waals surface area contributed by atoms with Crippen LogP contribution in [0.5, 0.6) is 5.75 Å². The van der Waals surface area contributed by atoms with E-state index < -0.39 is 0 Å². The first kappa shape index (κ1) is 14.4. The highest BCUT2D eigenvalue weighted by atomic mass is 16.5. The molecule has 4 nitrogen and oxygen atoms in total. The molecule has 0 aliphatic heterocycles. The maximum atomic E-state index is 11.6. The summed E-state index contributed by atoms with van der Waals surface area (Å²) in [5.41, 5.74) is 1.32. The van der Waals surface area contributed by atoms with E-state index in [-0.39, 0.29) is 5.91 Å². The quantitative estimate of drug-likeness (QED) is 0.772. The third-order valence-electron chi connectivity index (χ3n) is 1.91. The van der Waals surface area contributed by atoms with Crippen molar-refractivity contribution in [2.24, 2.45) is 0 Å². The Balaban J connectivity index is 0.00000106. The molecule has 16 heavy (non-hydrogen) atoms. The van der Waals surface area contributed by atoms with E-state index in [0.717, 1.165) is 5.69 Å². The SMILES string of the molecule is CC.COc1cc(C(=O)N(C)C)cnc1C. The maximum absolute atomic E-state index is 11.6. The van der Waals surface area contributed by atoms with Gasteiger partial charge in [0.2, 0.25) is 0 Å². The molecule has 0 aromatic carbocycles. The van der Waals surface area contributed by atoms with Gasteiger partial charge in [0.05, 0.1) is 18.4 Å². The third kappa shape index (κ3) is 3.53. The lowest BCUT2D eigenvalue weighted by atomic mass is 10.2. The van der Waals surface area contributed by atoms with Crippen LogP contribution in [0.3, 0.4) is 0 Å². The van der Waals surface area contributed by atoms with E-state index in [2.05, 4.69) is 4.98 Å². The summed E-state index contributed by atoms with van der Waals surface area (Å²) in [6.07, 6.45) is 1.56. The average Bonchev–Trinajstić information content (AvgIpc) is 2.31. The number of hydrogen-bond acceptors (Lipinski definition) is 3. The van der Waals surface area contributed by atoms with Crippen molar-refractivity contribution in [3.8, 4) is 5.75 Å². The summed E-state index contributed by atoms with van der Waals surface area (Å²) in [6.45, 7) is 5.84. The minimum absolute atomic E-state index is 0.0733. The Kier molecular flexibility index (Phi) is 6.15. The van der Waals surface area contributed by atoms with Gasteiger partial charge in [0.15, 0.2) is 0 Å². The fraction of sp³-hybridized carbons (Fsp3) is 0.500. The second-order valence-corrected chi connectivity index (χ2v) is 3.21. The van der Waals surface area contributed by atoms with Crippen LogP contribution in [-0.2, 0) is 0 Å². The lowest BCUT2D eigenvalue weighted by molar-refractivity contribution is 0.0827. The van der Waals surface area contributed by atoms with Gasteiger partial charge in [0, 0.05) is 20.3 Å². The van der Waals surface area contributed by atoms with E-state index in [1.165, 1.54) is 4.90 Å². The molecule has 90 valence electrons. The Bertz CT molecular complexity index is 349. The van der Waals surface area contributed by atoms with Gasteiger partial charge in [-0.15, -0.1) is 0 Å². The largest absolute Gasteiger partial charge is 0.495 e. The van der Waals surface area contributed by atoms with Gasteiger partial charge in [-0.05, 0) is 13.0 Å². The van der Waals surface area contributed by atoms with E-state index in [0.29, 0.717) is 11.3 Å². The minimum atomic E-state index is -0.0733. The van der Waals surface area contributed by atoms with Crippen LogP contribution < -0.4 is 4.74 Å². The topological polar surface area (TPSA) is 42.4 Å². The van der Waals surface area contributed by atoms with Crippen LogP contribution in [0, 0.1) is 6.92 Å². The molecule has 1 aromatic heterocycles. The van der Waals surface area contributed by atoms with Gasteiger partial charge < -0.3 is 9.64 Å². The van der Waals surface area contributed by atoms with E-state index in [1.807, 2.05) is 20.8 Å². The molecular weight excluding hydrogens is 204 g/mol. The van der Waals surface area contributed by atoms with Crippen LogP contribution in [0.2, 0.25) is 0 Å². The molecule has 1 amide bonds. The Morgan fingerprint density at radius 3 is 2.38 bits per heavy atom. The standard InChI is InChI=1S/C10H14N2O2.C2H6/c1-7-9(14-4)5-8(6-11-7)10(13)12(2)3;1-2/h5-6H,1-4H3;1-2H3. The smallest absolute Gasteiger partial charge is 0.255 e. The van der Waals surface area contributed by atoms with Crippen molar-refractivity contribution in [2.45, 2.75) is 20.8 Å². The fourth-order valence-corrected chi connectivity index (χ4v) is 1.09. The zero-order chi connectivity index (χ0) is 12.7. The fourth-order valence-electron chi connectivity index (χ4n) is 1.09. The van der Waals surface area contributed by atoms with Crippen LogP contribution >= 0.6 is 0 Å². The van der Waals surface area contributed by atoms with Crippen LogP contribution in [0.25, 0.3) is 0 Å². The lowest BCUT2D eigenvalue weighted by Crippen LogP contribution is -2.21. The molecule has 0 bridgehead atoms. The molecule has 4 heteroatoms. The Morgan fingerprint density at radius 1 is 1.38 bits per heavy atom. The van der Waals surface area contributed by atoms with Gasteiger partial charge in [-0.3, -0.25) is 9.78 Å². The number of carbonyl (C=O) groups is 1. The van der Waals surface area contributed by atoms with E-state index in [9.17, 15) is 4.79 Å². The van der Waals surface area contributed by atoms with Gasteiger partial charge >= 0.3 is 0 Å². The van der Waals surface area contributed by atoms with Crippen molar-refractivity contribution in [3.63, 3.8) is 0 Å². The number of amides is 1. The zero-order valence-corrected chi connectivity index (χ0v) is 10.9. The summed E-state index contributed by atoms with van der Waals surface area (Å²) in [5.74, 6) is 0.563. The van der Waals surface area contributed by atoms with E-state index in [1.54, 1.807) is 33.5 Å². The number of methoxy groups -OCH3 is 1. The Morgan fingerprint density at radius 2 is 1.94 bits per heavy atom. The van der Waals surface area contributed by atoms with E-state index >= 15 is 0 Å². The van der Waals surface area contributed by atoms with Gasteiger partial charge in [0.25, 0.3) is 5.91 Å². The molecular formula is C12H20N2O2.